The fourth-order valence-electron chi connectivity index (χ4n) is 2.45. The largest absolute Gasteiger partial charge is 0.495 e. The summed E-state index contributed by atoms with van der Waals surface area (Å²) in [5.41, 5.74) is 0.944. The SMILES string of the molecule is CCn1cc(NS(=O)(=O)c2cc(-c3nnnn3CC)ccc2OC)cn1. The van der Waals surface area contributed by atoms with Gasteiger partial charge in [0, 0.05) is 24.8 Å². The van der Waals surface area contributed by atoms with Crippen LogP contribution in [-0.4, -0.2) is 45.5 Å². The molecule has 3 aromatic rings. The average Bonchev–Trinajstić information content (AvgIpc) is 3.29. The van der Waals surface area contributed by atoms with E-state index in [2.05, 4.69) is 25.3 Å². The smallest absolute Gasteiger partial charge is 0.265 e. The van der Waals surface area contributed by atoms with Crippen LogP contribution in [0.2, 0.25) is 0 Å². The molecule has 26 heavy (non-hydrogen) atoms. The van der Waals surface area contributed by atoms with Crippen LogP contribution in [0.25, 0.3) is 11.4 Å². The van der Waals surface area contributed by atoms with Gasteiger partial charge in [0.2, 0.25) is 0 Å². The van der Waals surface area contributed by atoms with Gasteiger partial charge in [0.05, 0.1) is 19.0 Å². The van der Waals surface area contributed by atoms with Crippen LogP contribution in [0, 0.1) is 0 Å². The highest BCUT2D eigenvalue weighted by Crippen LogP contribution is 2.30. The van der Waals surface area contributed by atoms with Crippen LogP contribution in [0.5, 0.6) is 5.75 Å². The lowest BCUT2D eigenvalue weighted by Crippen LogP contribution is -2.14. The van der Waals surface area contributed by atoms with Crippen LogP contribution in [0.3, 0.4) is 0 Å². The monoisotopic (exact) mass is 377 g/mol. The van der Waals surface area contributed by atoms with Gasteiger partial charge in [0.25, 0.3) is 10.0 Å². The first-order valence-corrected chi connectivity index (χ1v) is 9.46. The van der Waals surface area contributed by atoms with E-state index in [1.54, 1.807) is 27.7 Å². The molecule has 10 nitrogen and oxygen atoms in total. The number of anilines is 1. The van der Waals surface area contributed by atoms with E-state index in [1.165, 1.54) is 19.4 Å². The summed E-state index contributed by atoms with van der Waals surface area (Å²) in [7, 11) is -2.47. The number of nitrogens with zero attached hydrogens (tertiary/aromatic N) is 6. The lowest BCUT2D eigenvalue weighted by Gasteiger charge is -2.12. The molecular formula is C15H19N7O3S. The highest BCUT2D eigenvalue weighted by Gasteiger charge is 2.22. The van der Waals surface area contributed by atoms with Crippen molar-refractivity contribution in [1.82, 2.24) is 30.0 Å². The van der Waals surface area contributed by atoms with Gasteiger partial charge >= 0.3 is 0 Å². The van der Waals surface area contributed by atoms with Gasteiger partial charge in [0.15, 0.2) is 5.82 Å². The zero-order valence-corrected chi connectivity index (χ0v) is 15.4. The molecule has 0 aliphatic heterocycles. The second-order valence-corrected chi connectivity index (χ2v) is 7.02. The molecule has 1 N–H and O–H groups in total. The zero-order valence-electron chi connectivity index (χ0n) is 14.6. The van der Waals surface area contributed by atoms with E-state index in [4.69, 9.17) is 4.74 Å². The summed E-state index contributed by atoms with van der Waals surface area (Å²) in [5, 5.41) is 15.5. The van der Waals surface area contributed by atoms with Crippen molar-refractivity contribution in [2.45, 2.75) is 31.8 Å². The number of tetrazole rings is 1. The van der Waals surface area contributed by atoms with Crippen LogP contribution in [0.4, 0.5) is 5.69 Å². The Balaban J connectivity index is 2.03. The third-order valence-electron chi connectivity index (χ3n) is 3.75. The van der Waals surface area contributed by atoms with Crippen molar-refractivity contribution in [3.8, 4) is 17.1 Å². The number of benzene rings is 1. The van der Waals surface area contributed by atoms with E-state index in [1.807, 2.05) is 13.8 Å². The summed E-state index contributed by atoms with van der Waals surface area (Å²) in [5.74, 6) is 0.699. The fourth-order valence-corrected chi connectivity index (χ4v) is 3.67. The summed E-state index contributed by atoms with van der Waals surface area (Å²) in [4.78, 5) is -0.00704. The molecule has 0 radical (unpaired) electrons. The molecule has 0 atom stereocenters. The van der Waals surface area contributed by atoms with Gasteiger partial charge in [-0.1, -0.05) is 0 Å². The van der Waals surface area contributed by atoms with Crippen LogP contribution >= 0.6 is 0 Å². The van der Waals surface area contributed by atoms with E-state index < -0.39 is 10.0 Å². The topological polar surface area (TPSA) is 117 Å². The Kier molecular flexibility index (Phi) is 4.89. The maximum atomic E-state index is 12.9. The van der Waals surface area contributed by atoms with E-state index in [9.17, 15) is 8.42 Å². The van der Waals surface area contributed by atoms with Crippen LogP contribution in [0.1, 0.15) is 13.8 Å². The maximum absolute atomic E-state index is 12.9. The van der Waals surface area contributed by atoms with Crippen molar-refractivity contribution in [3.05, 3.63) is 30.6 Å². The van der Waals surface area contributed by atoms with E-state index in [0.29, 0.717) is 30.2 Å². The summed E-state index contributed by atoms with van der Waals surface area (Å²) >= 11 is 0. The van der Waals surface area contributed by atoms with Gasteiger partial charge in [-0.15, -0.1) is 5.10 Å². The highest BCUT2D eigenvalue weighted by molar-refractivity contribution is 7.92. The van der Waals surface area contributed by atoms with Crippen molar-refractivity contribution < 1.29 is 13.2 Å². The van der Waals surface area contributed by atoms with E-state index >= 15 is 0 Å². The van der Waals surface area contributed by atoms with Crippen LogP contribution in [-0.2, 0) is 23.1 Å². The van der Waals surface area contributed by atoms with Crippen molar-refractivity contribution >= 4 is 15.7 Å². The van der Waals surface area contributed by atoms with E-state index in [0.717, 1.165) is 0 Å². The predicted octanol–water partition coefficient (Wildman–Crippen LogP) is 1.39. The first-order valence-electron chi connectivity index (χ1n) is 7.98. The molecule has 0 aliphatic rings. The third-order valence-corrected chi connectivity index (χ3v) is 5.15. The number of aromatic nitrogens is 6. The average molecular weight is 377 g/mol. The molecule has 0 fully saturated rings. The van der Waals surface area contributed by atoms with Gasteiger partial charge < -0.3 is 4.74 Å². The molecule has 138 valence electrons. The van der Waals surface area contributed by atoms with Crippen molar-refractivity contribution in [3.63, 3.8) is 0 Å². The summed E-state index contributed by atoms with van der Waals surface area (Å²) in [6.45, 7) is 5.01. The zero-order chi connectivity index (χ0) is 18.7. The van der Waals surface area contributed by atoms with Gasteiger partial charge in [0.1, 0.15) is 10.6 Å². The Labute approximate surface area is 150 Å². The fraction of sp³-hybridized carbons (Fsp3) is 0.333. The first kappa shape index (κ1) is 17.9. The molecule has 2 heterocycles. The molecule has 0 aliphatic carbocycles. The Bertz CT molecular complexity index is 1010. The molecule has 0 amide bonds. The van der Waals surface area contributed by atoms with Crippen molar-refractivity contribution in [2.75, 3.05) is 11.8 Å². The van der Waals surface area contributed by atoms with Crippen molar-refractivity contribution in [1.29, 1.82) is 0 Å². The number of ether oxygens (including phenoxy) is 1. The highest BCUT2D eigenvalue weighted by atomic mass is 32.2. The minimum atomic E-state index is -3.89. The van der Waals surface area contributed by atoms with Gasteiger partial charge in [-0.3, -0.25) is 9.40 Å². The molecular weight excluding hydrogens is 358 g/mol. The minimum absolute atomic E-state index is 0.00704. The number of rotatable bonds is 7. The normalized spacial score (nSPS) is 11.5. The number of hydrogen-bond acceptors (Lipinski definition) is 7. The quantitative estimate of drug-likeness (QED) is 0.661. The number of aryl methyl sites for hydroxylation is 2. The van der Waals surface area contributed by atoms with Gasteiger partial charge in [-0.05, 0) is 42.5 Å². The number of sulfonamides is 1. The standard InChI is InChI=1S/C15H19N7O3S/c1-4-21-10-12(9-16-21)18-26(23,24)14-8-11(6-7-13(14)25-3)15-17-19-20-22(15)5-2/h6-10,18H,4-5H2,1-3H3. The second kappa shape index (κ2) is 7.12. The third kappa shape index (κ3) is 3.38. The molecule has 0 unspecified atom stereocenters. The summed E-state index contributed by atoms with van der Waals surface area (Å²) in [6, 6.07) is 4.78. The molecule has 0 spiro atoms. The molecule has 1 aromatic carbocycles. The Hall–Kier alpha value is -2.95. The van der Waals surface area contributed by atoms with Crippen LogP contribution < -0.4 is 9.46 Å². The Morgan fingerprint density at radius 2 is 2.04 bits per heavy atom. The predicted molar refractivity (Wildman–Crippen MR) is 94.2 cm³/mol. The molecule has 3 rings (SSSR count). The summed E-state index contributed by atoms with van der Waals surface area (Å²) in [6.07, 6.45) is 3.07. The summed E-state index contributed by atoms with van der Waals surface area (Å²) < 4.78 is 36.7. The van der Waals surface area contributed by atoms with Gasteiger partial charge in [-0.2, -0.15) is 5.10 Å². The maximum Gasteiger partial charge on any atom is 0.265 e. The molecule has 0 saturated heterocycles. The molecule has 0 saturated carbocycles. The minimum Gasteiger partial charge on any atom is -0.495 e. The lowest BCUT2D eigenvalue weighted by molar-refractivity contribution is 0.403. The molecule has 11 heteroatoms. The Morgan fingerprint density at radius 3 is 2.69 bits per heavy atom. The Morgan fingerprint density at radius 1 is 1.23 bits per heavy atom. The van der Waals surface area contributed by atoms with E-state index in [-0.39, 0.29) is 10.6 Å². The van der Waals surface area contributed by atoms with Crippen molar-refractivity contribution in [2.24, 2.45) is 0 Å². The molecule has 2 aromatic heterocycles. The number of methoxy groups -OCH3 is 1. The number of hydrogen-bond donors (Lipinski definition) is 1. The number of nitrogens with one attached hydrogen (secondary N) is 1. The van der Waals surface area contributed by atoms with Gasteiger partial charge in [-0.25, -0.2) is 13.1 Å². The lowest BCUT2D eigenvalue weighted by atomic mass is 10.2. The first-order chi connectivity index (χ1) is 12.5. The van der Waals surface area contributed by atoms with Crippen LogP contribution in [0.15, 0.2) is 35.5 Å². The molecule has 0 bridgehead atoms. The second-order valence-electron chi connectivity index (χ2n) is 5.37.